The topological polar surface area (TPSA) is 71.3 Å². The maximum atomic E-state index is 12.8. The molecule has 1 aromatic heterocycles. The minimum absolute atomic E-state index is 0.297. The third-order valence-corrected chi connectivity index (χ3v) is 5.57. The van der Waals surface area contributed by atoms with Crippen LogP contribution in [-0.4, -0.2) is 27.6 Å². The average Bonchev–Trinajstić information content (AvgIpc) is 3.34. The van der Waals surface area contributed by atoms with E-state index in [0.717, 1.165) is 18.4 Å². The Morgan fingerprint density at radius 3 is 2.82 bits per heavy atom. The predicted molar refractivity (Wildman–Crippen MR) is 109 cm³/mol. The van der Waals surface area contributed by atoms with Crippen molar-refractivity contribution in [3.63, 3.8) is 0 Å². The Morgan fingerprint density at radius 1 is 1.18 bits per heavy atom. The number of hydrogen-bond donors (Lipinski definition) is 1. The molecule has 9 heteroatoms. The lowest BCUT2D eigenvalue weighted by Gasteiger charge is -2.22. The van der Waals surface area contributed by atoms with Crippen LogP contribution >= 0.6 is 34.8 Å². The monoisotopic (exact) mass is 436 g/mol. The van der Waals surface area contributed by atoms with E-state index in [-0.39, 0.29) is 12.1 Å². The van der Waals surface area contributed by atoms with Gasteiger partial charge in [-0.25, -0.2) is 4.79 Å². The Bertz CT molecular complexity index is 1020. The van der Waals surface area contributed by atoms with Crippen molar-refractivity contribution in [2.75, 3.05) is 11.9 Å². The molecule has 144 valence electrons. The zero-order chi connectivity index (χ0) is 19.7. The first kappa shape index (κ1) is 19.1. The molecule has 6 nitrogen and oxygen atoms in total. The summed E-state index contributed by atoms with van der Waals surface area (Å²) in [6, 6.07) is 11.7. The molecule has 2 amide bonds. The van der Waals surface area contributed by atoms with Gasteiger partial charge in [-0.05, 0) is 37.1 Å². The van der Waals surface area contributed by atoms with Gasteiger partial charge in [0.15, 0.2) is 0 Å². The number of hydrogen-bond acceptors (Lipinski definition) is 4. The van der Waals surface area contributed by atoms with Crippen LogP contribution in [0.15, 0.2) is 47.0 Å². The number of aromatic nitrogens is 2. The Balaban J connectivity index is 1.54. The summed E-state index contributed by atoms with van der Waals surface area (Å²) in [5, 5.41) is 8.10. The summed E-state index contributed by atoms with van der Waals surface area (Å²) in [7, 11) is 0. The second kappa shape index (κ2) is 7.99. The third-order valence-electron chi connectivity index (χ3n) is 4.52. The standard InChI is InChI=1S/C19H15Cl3N4O2/c20-12-5-1-4-11(10-12)17-24-18(28-25-17)15-8-3-9-26(15)19(27)23-14-7-2-6-13(21)16(14)22/h1-2,4-7,10,15H,3,8-9H2,(H,23,27). The van der Waals surface area contributed by atoms with E-state index >= 15 is 0 Å². The van der Waals surface area contributed by atoms with Crippen molar-refractivity contribution in [1.82, 2.24) is 15.0 Å². The minimum atomic E-state index is -0.307. The van der Waals surface area contributed by atoms with Crippen LogP contribution < -0.4 is 5.32 Å². The van der Waals surface area contributed by atoms with Crippen LogP contribution in [0.25, 0.3) is 11.4 Å². The Hall–Kier alpha value is -2.28. The quantitative estimate of drug-likeness (QED) is 0.540. The number of anilines is 1. The van der Waals surface area contributed by atoms with Crippen LogP contribution in [0.1, 0.15) is 24.8 Å². The Morgan fingerprint density at radius 2 is 2.00 bits per heavy atom. The van der Waals surface area contributed by atoms with E-state index in [1.807, 2.05) is 12.1 Å². The first-order chi connectivity index (χ1) is 13.5. The van der Waals surface area contributed by atoms with Crippen LogP contribution in [0.4, 0.5) is 10.5 Å². The number of likely N-dealkylation sites (tertiary alicyclic amines) is 1. The highest BCUT2D eigenvalue weighted by atomic mass is 35.5. The Kier molecular flexibility index (Phi) is 5.44. The minimum Gasteiger partial charge on any atom is -0.337 e. The lowest BCUT2D eigenvalue weighted by Crippen LogP contribution is -2.34. The first-order valence-electron chi connectivity index (χ1n) is 8.64. The van der Waals surface area contributed by atoms with Gasteiger partial charge in [0.2, 0.25) is 11.7 Å². The second-order valence-electron chi connectivity index (χ2n) is 6.35. The van der Waals surface area contributed by atoms with Crippen molar-refractivity contribution in [3.05, 3.63) is 63.4 Å². The molecule has 28 heavy (non-hydrogen) atoms. The summed E-state index contributed by atoms with van der Waals surface area (Å²) in [5.41, 5.74) is 1.21. The fraction of sp³-hybridized carbons (Fsp3) is 0.211. The molecule has 1 unspecified atom stereocenters. The summed E-state index contributed by atoms with van der Waals surface area (Å²) in [6.45, 7) is 0.573. The number of carbonyl (C=O) groups is 1. The van der Waals surface area contributed by atoms with E-state index in [2.05, 4.69) is 15.5 Å². The Labute approximate surface area is 176 Å². The average molecular weight is 438 g/mol. The predicted octanol–water partition coefficient (Wildman–Crippen LogP) is 6.07. The normalized spacial score (nSPS) is 16.4. The van der Waals surface area contributed by atoms with Gasteiger partial charge in [-0.15, -0.1) is 0 Å². The molecule has 0 bridgehead atoms. The molecule has 1 aliphatic heterocycles. The van der Waals surface area contributed by atoms with Crippen molar-refractivity contribution >= 4 is 46.5 Å². The number of urea groups is 1. The summed E-state index contributed by atoms with van der Waals surface area (Å²) < 4.78 is 5.44. The largest absolute Gasteiger partial charge is 0.337 e. The van der Waals surface area contributed by atoms with E-state index in [1.54, 1.807) is 35.2 Å². The molecular weight excluding hydrogens is 423 g/mol. The van der Waals surface area contributed by atoms with Gasteiger partial charge in [-0.1, -0.05) is 58.2 Å². The highest BCUT2D eigenvalue weighted by Crippen LogP contribution is 2.34. The molecular formula is C19H15Cl3N4O2. The smallest absolute Gasteiger partial charge is 0.322 e. The van der Waals surface area contributed by atoms with Crippen molar-refractivity contribution in [2.45, 2.75) is 18.9 Å². The van der Waals surface area contributed by atoms with E-state index < -0.39 is 0 Å². The zero-order valence-electron chi connectivity index (χ0n) is 14.5. The number of amides is 2. The van der Waals surface area contributed by atoms with Crippen LogP contribution in [0.2, 0.25) is 15.1 Å². The van der Waals surface area contributed by atoms with E-state index in [9.17, 15) is 4.79 Å². The highest BCUT2D eigenvalue weighted by Gasteiger charge is 2.34. The molecule has 0 radical (unpaired) electrons. The fourth-order valence-electron chi connectivity index (χ4n) is 3.17. The van der Waals surface area contributed by atoms with Crippen LogP contribution in [-0.2, 0) is 0 Å². The van der Waals surface area contributed by atoms with E-state index in [1.165, 1.54) is 0 Å². The number of carbonyl (C=O) groups excluding carboxylic acids is 1. The maximum absolute atomic E-state index is 12.8. The van der Waals surface area contributed by atoms with Crippen molar-refractivity contribution in [1.29, 1.82) is 0 Å². The molecule has 1 aliphatic rings. The number of rotatable bonds is 3. The summed E-state index contributed by atoms with van der Waals surface area (Å²) in [6.07, 6.45) is 1.56. The van der Waals surface area contributed by atoms with Crippen LogP contribution in [0.5, 0.6) is 0 Å². The van der Waals surface area contributed by atoms with Crippen LogP contribution in [0, 0.1) is 0 Å². The first-order valence-corrected chi connectivity index (χ1v) is 9.77. The van der Waals surface area contributed by atoms with E-state index in [0.29, 0.717) is 39.0 Å². The third kappa shape index (κ3) is 3.81. The molecule has 2 heterocycles. The molecule has 2 aromatic carbocycles. The van der Waals surface area contributed by atoms with Gasteiger partial charge in [0.1, 0.15) is 6.04 Å². The number of halogens is 3. The summed E-state index contributed by atoms with van der Waals surface area (Å²) in [4.78, 5) is 18.9. The lowest BCUT2D eigenvalue weighted by molar-refractivity contribution is 0.193. The molecule has 1 saturated heterocycles. The highest BCUT2D eigenvalue weighted by molar-refractivity contribution is 6.43. The van der Waals surface area contributed by atoms with Gasteiger partial charge in [-0.2, -0.15) is 4.98 Å². The molecule has 1 N–H and O–H groups in total. The maximum Gasteiger partial charge on any atom is 0.322 e. The van der Waals surface area contributed by atoms with Gasteiger partial charge in [-0.3, -0.25) is 0 Å². The van der Waals surface area contributed by atoms with Crippen molar-refractivity contribution in [3.8, 4) is 11.4 Å². The lowest BCUT2D eigenvalue weighted by atomic mass is 10.2. The zero-order valence-corrected chi connectivity index (χ0v) is 16.8. The van der Waals surface area contributed by atoms with Gasteiger partial charge in [0.25, 0.3) is 0 Å². The van der Waals surface area contributed by atoms with Crippen LogP contribution in [0.3, 0.4) is 0 Å². The molecule has 4 rings (SSSR count). The summed E-state index contributed by atoms with van der Waals surface area (Å²) in [5.74, 6) is 0.822. The van der Waals surface area contributed by atoms with Gasteiger partial charge in [0, 0.05) is 17.1 Å². The van der Waals surface area contributed by atoms with Crippen molar-refractivity contribution in [2.24, 2.45) is 0 Å². The molecule has 1 atom stereocenters. The molecule has 0 saturated carbocycles. The number of nitrogens with one attached hydrogen (secondary N) is 1. The second-order valence-corrected chi connectivity index (χ2v) is 7.57. The fourth-order valence-corrected chi connectivity index (χ4v) is 3.71. The number of benzene rings is 2. The molecule has 1 fully saturated rings. The van der Waals surface area contributed by atoms with Gasteiger partial charge in [0.05, 0.1) is 15.7 Å². The van der Waals surface area contributed by atoms with Gasteiger partial charge >= 0.3 is 6.03 Å². The summed E-state index contributed by atoms with van der Waals surface area (Å²) >= 11 is 18.2. The molecule has 0 aliphatic carbocycles. The molecule has 0 spiro atoms. The number of nitrogens with zero attached hydrogens (tertiary/aromatic N) is 3. The van der Waals surface area contributed by atoms with E-state index in [4.69, 9.17) is 39.3 Å². The molecule has 3 aromatic rings. The van der Waals surface area contributed by atoms with Gasteiger partial charge < -0.3 is 14.7 Å². The van der Waals surface area contributed by atoms with Crippen molar-refractivity contribution < 1.29 is 9.32 Å². The SMILES string of the molecule is O=C(Nc1cccc(Cl)c1Cl)N1CCCC1c1nc(-c2cccc(Cl)c2)no1.